The zero-order chi connectivity index (χ0) is 28.5. The molecule has 0 aromatic heterocycles. The molecule has 0 rings (SSSR count). The van der Waals surface area contributed by atoms with E-state index in [2.05, 4.69) is 12.2 Å². The van der Waals surface area contributed by atoms with Crippen molar-refractivity contribution in [2.45, 2.75) is 122 Å². The molecule has 0 aromatic rings. The number of likely N-dealkylation sites (N-methyl/N-ethyl adjacent to an activating group) is 2. The van der Waals surface area contributed by atoms with Crippen LogP contribution in [0.4, 0.5) is 4.79 Å². The fourth-order valence-electron chi connectivity index (χ4n) is 4.21. The lowest BCUT2D eigenvalue weighted by Gasteiger charge is -2.27. The molecule has 1 unspecified atom stereocenters. The van der Waals surface area contributed by atoms with Gasteiger partial charge in [-0.1, -0.05) is 116 Å². The van der Waals surface area contributed by atoms with Gasteiger partial charge in [0, 0.05) is 20.1 Å². The average molecular weight is 564 g/mol. The molecule has 0 aliphatic carbocycles. The minimum Gasteiger partial charge on any atom is -0.756 e. The van der Waals surface area contributed by atoms with Crippen molar-refractivity contribution in [1.29, 1.82) is 0 Å². The van der Waals surface area contributed by atoms with Crippen molar-refractivity contribution < 1.29 is 27.8 Å². The molecule has 0 saturated heterocycles. The normalized spacial score (nSPS) is 13.4. The van der Waals surface area contributed by atoms with Gasteiger partial charge in [0.25, 0.3) is 7.82 Å². The Morgan fingerprint density at radius 2 is 1.13 bits per heavy atom. The Hall–Kier alpha value is -0.660. The Kier molecular flexibility index (Phi) is 23.7. The zero-order valence-corrected chi connectivity index (χ0v) is 26.5. The summed E-state index contributed by atoms with van der Waals surface area (Å²) < 4.78 is 22.1. The van der Waals surface area contributed by atoms with Crippen LogP contribution in [0.5, 0.6) is 0 Å². The summed E-state index contributed by atoms with van der Waals surface area (Å²) in [7, 11) is 3.14. The lowest BCUT2D eigenvalue weighted by molar-refractivity contribution is -0.870. The van der Waals surface area contributed by atoms with E-state index < -0.39 is 7.82 Å². The topological polar surface area (TPSA) is 90.9 Å². The molecule has 0 aliphatic heterocycles. The van der Waals surface area contributed by atoms with Crippen LogP contribution in [0.25, 0.3) is 0 Å². The van der Waals surface area contributed by atoms with E-state index in [0.29, 0.717) is 17.6 Å². The van der Waals surface area contributed by atoms with Gasteiger partial charge in [-0.25, -0.2) is 4.79 Å². The molecular weight excluding hydrogens is 501 g/mol. The number of unbranched alkanes of at least 4 members (excludes halogenated alkanes) is 17. The third-order valence-electron chi connectivity index (χ3n) is 6.84. The van der Waals surface area contributed by atoms with Crippen LogP contribution in [-0.4, -0.2) is 76.5 Å². The van der Waals surface area contributed by atoms with Crippen molar-refractivity contribution in [3.05, 3.63) is 0 Å². The summed E-state index contributed by atoms with van der Waals surface area (Å²) in [4.78, 5) is 25.4. The summed E-state index contributed by atoms with van der Waals surface area (Å²) >= 11 is 0. The summed E-state index contributed by atoms with van der Waals surface area (Å²) in [6, 6.07) is -0.216. The smallest absolute Gasteiger partial charge is 0.317 e. The van der Waals surface area contributed by atoms with Gasteiger partial charge in [-0.15, -0.1) is 0 Å². The van der Waals surface area contributed by atoms with Crippen LogP contribution >= 0.6 is 7.82 Å². The van der Waals surface area contributed by atoms with E-state index in [1.54, 1.807) is 7.05 Å². The maximum absolute atomic E-state index is 12.1. The number of nitrogens with one attached hydrogen (secondary N) is 1. The molecule has 2 amide bonds. The monoisotopic (exact) mass is 563 g/mol. The van der Waals surface area contributed by atoms with Gasteiger partial charge in [0.1, 0.15) is 13.2 Å². The molecule has 9 heteroatoms. The number of rotatable bonds is 27. The maximum Gasteiger partial charge on any atom is 0.317 e. The first-order valence-electron chi connectivity index (χ1n) is 15.5. The summed E-state index contributed by atoms with van der Waals surface area (Å²) in [5, 5.41) is 2.89. The number of urea groups is 1. The third-order valence-corrected chi connectivity index (χ3v) is 7.84. The molecule has 0 bridgehead atoms. The Labute approximate surface area is 235 Å². The van der Waals surface area contributed by atoms with Crippen LogP contribution in [0.1, 0.15) is 122 Å². The Balaban J connectivity index is 3.47. The molecule has 1 atom stereocenters. The van der Waals surface area contributed by atoms with Gasteiger partial charge in [0.05, 0.1) is 27.7 Å². The third kappa shape index (κ3) is 26.9. The highest BCUT2D eigenvalue weighted by atomic mass is 31.2. The van der Waals surface area contributed by atoms with Crippen molar-refractivity contribution in [2.24, 2.45) is 0 Å². The molecule has 228 valence electrons. The van der Waals surface area contributed by atoms with Crippen molar-refractivity contribution >= 4 is 13.9 Å². The Morgan fingerprint density at radius 1 is 0.737 bits per heavy atom. The SMILES string of the molecule is CCCCCCCCCCCCCCCCCCCCNC(=O)N(C)CCOP(=O)([O-])OCC[N+](C)(C)C. The summed E-state index contributed by atoms with van der Waals surface area (Å²) in [6.07, 6.45) is 24.1. The largest absolute Gasteiger partial charge is 0.756 e. The Morgan fingerprint density at radius 3 is 1.55 bits per heavy atom. The van der Waals surface area contributed by atoms with E-state index in [9.17, 15) is 14.3 Å². The molecule has 8 nitrogen and oxygen atoms in total. The average Bonchev–Trinajstić information content (AvgIpc) is 2.84. The van der Waals surface area contributed by atoms with Gasteiger partial charge in [0.2, 0.25) is 0 Å². The number of hydrogen-bond donors (Lipinski definition) is 1. The van der Waals surface area contributed by atoms with Crippen molar-refractivity contribution in [3.63, 3.8) is 0 Å². The van der Waals surface area contributed by atoms with E-state index in [1.165, 1.54) is 108 Å². The summed E-state index contributed by atoms with van der Waals surface area (Å²) in [6.45, 7) is 3.59. The molecular formula is C29H62N3O5P. The quantitative estimate of drug-likeness (QED) is 0.0668. The highest BCUT2D eigenvalue weighted by Gasteiger charge is 2.14. The van der Waals surface area contributed by atoms with Crippen LogP contribution in [0.2, 0.25) is 0 Å². The predicted octanol–water partition coefficient (Wildman–Crippen LogP) is 6.88. The van der Waals surface area contributed by atoms with E-state index in [4.69, 9.17) is 9.05 Å². The van der Waals surface area contributed by atoms with E-state index in [0.717, 1.165) is 12.8 Å². The number of amides is 2. The second-order valence-corrected chi connectivity index (χ2v) is 13.2. The molecule has 0 spiro atoms. The van der Waals surface area contributed by atoms with Crippen molar-refractivity contribution in [2.75, 3.05) is 61.0 Å². The molecule has 0 heterocycles. The molecule has 1 N–H and O–H groups in total. The van der Waals surface area contributed by atoms with Crippen LogP contribution in [0, 0.1) is 0 Å². The molecule has 0 radical (unpaired) electrons. The van der Waals surface area contributed by atoms with Gasteiger partial charge in [-0.3, -0.25) is 4.57 Å². The number of hydrogen-bond acceptors (Lipinski definition) is 5. The second kappa shape index (κ2) is 24.2. The number of quaternary nitrogens is 1. The van der Waals surface area contributed by atoms with Gasteiger partial charge in [-0.05, 0) is 6.42 Å². The van der Waals surface area contributed by atoms with Gasteiger partial charge in [-0.2, -0.15) is 0 Å². The lowest BCUT2D eigenvalue weighted by atomic mass is 10.0. The highest BCUT2D eigenvalue weighted by molar-refractivity contribution is 7.45. The lowest BCUT2D eigenvalue weighted by Crippen LogP contribution is -2.39. The first-order chi connectivity index (χ1) is 18.1. The van der Waals surface area contributed by atoms with Crippen molar-refractivity contribution in [3.8, 4) is 0 Å². The maximum atomic E-state index is 12.1. The zero-order valence-electron chi connectivity index (χ0n) is 25.6. The number of carbonyl (C=O) groups excluding carboxylic acids is 1. The van der Waals surface area contributed by atoms with E-state index in [-0.39, 0.29) is 25.8 Å². The van der Waals surface area contributed by atoms with Crippen LogP contribution < -0.4 is 10.2 Å². The van der Waals surface area contributed by atoms with E-state index in [1.807, 2.05) is 21.1 Å². The number of phosphoric acid groups is 1. The second-order valence-electron chi connectivity index (χ2n) is 11.8. The standard InChI is InChI=1S/C29H62N3O5P/c1-6-7-8-9-10-11-12-13-14-15-16-17-18-19-20-21-22-23-24-30-29(33)31(2)25-27-36-38(34,35)37-28-26-32(3,4)5/h6-28H2,1-5H3,(H-,30,33,34,35). The van der Waals surface area contributed by atoms with E-state index >= 15 is 0 Å². The highest BCUT2D eigenvalue weighted by Crippen LogP contribution is 2.37. The van der Waals surface area contributed by atoms with Crippen molar-refractivity contribution in [1.82, 2.24) is 10.2 Å². The van der Waals surface area contributed by atoms with Crippen LogP contribution in [0.15, 0.2) is 0 Å². The molecule has 0 saturated carbocycles. The first-order valence-corrected chi connectivity index (χ1v) is 16.9. The minimum absolute atomic E-state index is 0.0694. The number of phosphoric ester groups is 1. The van der Waals surface area contributed by atoms with Crippen LogP contribution in [-0.2, 0) is 13.6 Å². The summed E-state index contributed by atoms with van der Waals surface area (Å²) in [5.41, 5.74) is 0. The number of carbonyl (C=O) groups is 1. The molecule has 0 fully saturated rings. The first kappa shape index (κ1) is 37.3. The van der Waals surface area contributed by atoms with Gasteiger partial charge < -0.3 is 28.6 Å². The minimum atomic E-state index is -4.34. The fourth-order valence-corrected chi connectivity index (χ4v) is 4.90. The number of nitrogens with zero attached hydrogens (tertiary/aromatic N) is 2. The molecule has 0 aliphatic rings. The predicted molar refractivity (Wildman–Crippen MR) is 157 cm³/mol. The van der Waals surface area contributed by atoms with Crippen LogP contribution in [0.3, 0.4) is 0 Å². The fraction of sp³-hybridized carbons (Fsp3) is 0.966. The van der Waals surface area contributed by atoms with Gasteiger partial charge in [0.15, 0.2) is 0 Å². The summed E-state index contributed by atoms with van der Waals surface area (Å²) in [5.74, 6) is 0. The van der Waals surface area contributed by atoms with Gasteiger partial charge >= 0.3 is 6.03 Å². The molecule has 38 heavy (non-hydrogen) atoms. The molecule has 0 aromatic carbocycles. The Bertz CT molecular complexity index is 601.